The smallest absolute Gasteiger partial charge is 0.325 e. The molecule has 0 aromatic heterocycles. The molecule has 24 heavy (non-hydrogen) atoms. The summed E-state index contributed by atoms with van der Waals surface area (Å²) >= 11 is 3.40. The van der Waals surface area contributed by atoms with Crippen molar-refractivity contribution in [3.8, 4) is 5.75 Å². The number of aliphatic hydroxyl groups is 1. The van der Waals surface area contributed by atoms with Crippen LogP contribution < -0.4 is 9.64 Å². The van der Waals surface area contributed by atoms with E-state index in [0.717, 1.165) is 15.7 Å². The lowest BCUT2D eigenvalue weighted by Crippen LogP contribution is -2.36. The van der Waals surface area contributed by atoms with Crippen LogP contribution in [0.3, 0.4) is 0 Å². The molecular weight excluding hydrogens is 372 g/mol. The van der Waals surface area contributed by atoms with Gasteiger partial charge in [-0.05, 0) is 42.0 Å². The second kappa shape index (κ2) is 7.23. The first-order valence-corrected chi connectivity index (χ1v) is 8.52. The Balaban J connectivity index is 1.83. The number of hydrogen-bond acceptors (Lipinski definition) is 3. The molecule has 0 spiro atoms. The number of nitrogens with zero attached hydrogens (tertiary/aromatic N) is 2. The molecular formula is C18H19BrN2O3. The van der Waals surface area contributed by atoms with Crippen LogP contribution in [0.1, 0.15) is 11.6 Å². The molecule has 6 heteroatoms. The van der Waals surface area contributed by atoms with Gasteiger partial charge in [-0.15, -0.1) is 0 Å². The molecule has 2 aromatic rings. The van der Waals surface area contributed by atoms with Crippen molar-refractivity contribution in [1.29, 1.82) is 0 Å². The number of anilines is 1. The quantitative estimate of drug-likeness (QED) is 0.850. The van der Waals surface area contributed by atoms with E-state index in [4.69, 9.17) is 4.74 Å². The van der Waals surface area contributed by atoms with Crippen molar-refractivity contribution in [1.82, 2.24) is 4.90 Å². The SMILES string of the molecule is COc1cccc(C(CO)N2CCN(c3ccc(Br)cc3)C2=O)c1. The zero-order chi connectivity index (χ0) is 17.1. The van der Waals surface area contributed by atoms with Gasteiger partial charge in [-0.2, -0.15) is 0 Å². The Hall–Kier alpha value is -2.05. The van der Waals surface area contributed by atoms with E-state index in [9.17, 15) is 9.90 Å². The van der Waals surface area contributed by atoms with E-state index < -0.39 is 0 Å². The number of carbonyl (C=O) groups is 1. The first-order valence-electron chi connectivity index (χ1n) is 7.72. The van der Waals surface area contributed by atoms with E-state index >= 15 is 0 Å². The van der Waals surface area contributed by atoms with Crippen molar-refractivity contribution in [2.75, 3.05) is 31.7 Å². The van der Waals surface area contributed by atoms with Gasteiger partial charge in [0.2, 0.25) is 0 Å². The van der Waals surface area contributed by atoms with Crippen LogP contribution in [0, 0.1) is 0 Å². The summed E-state index contributed by atoms with van der Waals surface area (Å²) in [4.78, 5) is 16.3. The van der Waals surface area contributed by atoms with Crippen molar-refractivity contribution in [3.63, 3.8) is 0 Å². The predicted octanol–water partition coefficient (Wildman–Crippen LogP) is 3.43. The number of hydrogen-bond donors (Lipinski definition) is 1. The molecule has 0 saturated carbocycles. The van der Waals surface area contributed by atoms with E-state index in [1.54, 1.807) is 16.9 Å². The second-order valence-corrected chi connectivity index (χ2v) is 6.49. The normalized spacial score (nSPS) is 15.7. The molecule has 1 aliphatic rings. The molecule has 1 saturated heterocycles. The number of aliphatic hydroxyl groups excluding tert-OH is 1. The average Bonchev–Trinajstić information content (AvgIpc) is 2.98. The highest BCUT2D eigenvalue weighted by Gasteiger charge is 2.35. The van der Waals surface area contributed by atoms with Crippen LogP contribution in [-0.4, -0.2) is 42.8 Å². The molecule has 0 radical (unpaired) electrons. The second-order valence-electron chi connectivity index (χ2n) is 5.58. The molecule has 1 aliphatic heterocycles. The van der Waals surface area contributed by atoms with E-state index in [-0.39, 0.29) is 18.7 Å². The standard InChI is InChI=1S/C18H19BrN2O3/c1-24-16-4-2-3-13(11-16)17(12-22)21-10-9-20(18(21)23)15-7-5-14(19)6-8-15/h2-8,11,17,22H,9-10,12H2,1H3. The summed E-state index contributed by atoms with van der Waals surface area (Å²) in [5.74, 6) is 0.711. The van der Waals surface area contributed by atoms with Gasteiger partial charge >= 0.3 is 6.03 Å². The summed E-state index contributed by atoms with van der Waals surface area (Å²) in [6, 6.07) is 14.6. The third-order valence-corrected chi connectivity index (χ3v) is 4.74. The topological polar surface area (TPSA) is 53.0 Å². The molecule has 5 nitrogen and oxygen atoms in total. The van der Waals surface area contributed by atoms with Crippen LogP contribution in [0.2, 0.25) is 0 Å². The minimum Gasteiger partial charge on any atom is -0.497 e. The highest BCUT2D eigenvalue weighted by atomic mass is 79.9. The first kappa shape index (κ1) is 16.8. The molecule has 1 N–H and O–H groups in total. The summed E-state index contributed by atoms with van der Waals surface area (Å²) in [5, 5.41) is 9.86. The summed E-state index contributed by atoms with van der Waals surface area (Å²) in [6.07, 6.45) is 0. The minimum absolute atomic E-state index is 0.0980. The molecule has 1 unspecified atom stereocenters. The molecule has 3 rings (SSSR count). The Morgan fingerprint density at radius 3 is 2.62 bits per heavy atom. The lowest BCUT2D eigenvalue weighted by Gasteiger charge is -2.27. The first-order chi connectivity index (χ1) is 11.6. The summed E-state index contributed by atoms with van der Waals surface area (Å²) < 4.78 is 6.21. The fourth-order valence-electron chi connectivity index (χ4n) is 2.94. The van der Waals surface area contributed by atoms with Crippen LogP contribution in [0.15, 0.2) is 53.0 Å². The van der Waals surface area contributed by atoms with Gasteiger partial charge in [0.25, 0.3) is 0 Å². The third kappa shape index (κ3) is 3.25. The summed E-state index contributed by atoms with van der Waals surface area (Å²) in [7, 11) is 1.60. The van der Waals surface area contributed by atoms with E-state index in [0.29, 0.717) is 18.8 Å². The van der Waals surface area contributed by atoms with Crippen LogP contribution in [0.5, 0.6) is 5.75 Å². The number of amides is 2. The highest BCUT2D eigenvalue weighted by molar-refractivity contribution is 9.10. The Morgan fingerprint density at radius 1 is 1.21 bits per heavy atom. The minimum atomic E-state index is -0.381. The van der Waals surface area contributed by atoms with Crippen molar-refractivity contribution in [2.45, 2.75) is 6.04 Å². The molecule has 1 atom stereocenters. The predicted molar refractivity (Wildman–Crippen MR) is 96.4 cm³/mol. The monoisotopic (exact) mass is 390 g/mol. The van der Waals surface area contributed by atoms with Gasteiger partial charge in [0, 0.05) is 23.2 Å². The largest absolute Gasteiger partial charge is 0.497 e. The lowest BCUT2D eigenvalue weighted by molar-refractivity contribution is 0.153. The maximum Gasteiger partial charge on any atom is 0.325 e. The molecule has 0 aliphatic carbocycles. The number of ether oxygens (including phenoxy) is 1. The van der Waals surface area contributed by atoms with Crippen LogP contribution >= 0.6 is 15.9 Å². The van der Waals surface area contributed by atoms with Crippen molar-refractivity contribution in [3.05, 3.63) is 58.6 Å². The van der Waals surface area contributed by atoms with Crippen molar-refractivity contribution >= 4 is 27.6 Å². The molecule has 0 bridgehead atoms. The average molecular weight is 391 g/mol. The molecule has 1 heterocycles. The number of halogens is 1. The lowest BCUT2D eigenvalue weighted by atomic mass is 10.1. The van der Waals surface area contributed by atoms with E-state index in [1.165, 1.54) is 0 Å². The van der Waals surface area contributed by atoms with E-state index in [1.807, 2.05) is 48.5 Å². The molecule has 1 fully saturated rings. The van der Waals surface area contributed by atoms with Crippen molar-refractivity contribution in [2.24, 2.45) is 0 Å². The number of rotatable bonds is 5. The Morgan fingerprint density at radius 2 is 1.96 bits per heavy atom. The molecule has 2 amide bonds. The number of urea groups is 1. The summed E-state index contributed by atoms with van der Waals surface area (Å²) in [6.45, 7) is 1.03. The van der Waals surface area contributed by atoms with Crippen LogP contribution in [0.25, 0.3) is 0 Å². The zero-order valence-electron chi connectivity index (χ0n) is 13.4. The Labute approximate surface area is 149 Å². The molecule has 126 valence electrons. The van der Waals surface area contributed by atoms with Crippen LogP contribution in [-0.2, 0) is 0 Å². The van der Waals surface area contributed by atoms with Gasteiger partial charge in [0.15, 0.2) is 0 Å². The fraction of sp³-hybridized carbons (Fsp3) is 0.278. The van der Waals surface area contributed by atoms with Gasteiger partial charge in [-0.25, -0.2) is 4.79 Å². The van der Waals surface area contributed by atoms with Gasteiger partial charge in [-0.3, -0.25) is 4.90 Å². The highest BCUT2D eigenvalue weighted by Crippen LogP contribution is 2.30. The maximum absolute atomic E-state index is 12.8. The Bertz CT molecular complexity index is 720. The number of methoxy groups -OCH3 is 1. The van der Waals surface area contributed by atoms with Gasteiger partial charge < -0.3 is 14.7 Å². The summed E-state index contributed by atoms with van der Waals surface area (Å²) in [5.41, 5.74) is 1.72. The fourth-order valence-corrected chi connectivity index (χ4v) is 3.20. The van der Waals surface area contributed by atoms with Crippen molar-refractivity contribution < 1.29 is 14.6 Å². The van der Waals surface area contributed by atoms with E-state index in [2.05, 4.69) is 15.9 Å². The zero-order valence-corrected chi connectivity index (χ0v) is 14.9. The molecule has 2 aromatic carbocycles. The number of carbonyl (C=O) groups excluding carboxylic acids is 1. The van der Waals surface area contributed by atoms with Crippen LogP contribution in [0.4, 0.5) is 10.5 Å². The third-order valence-electron chi connectivity index (χ3n) is 4.21. The number of benzene rings is 2. The maximum atomic E-state index is 12.8. The Kier molecular flexibility index (Phi) is 5.06. The van der Waals surface area contributed by atoms with Gasteiger partial charge in [0.1, 0.15) is 5.75 Å². The van der Waals surface area contributed by atoms with Gasteiger partial charge in [0.05, 0.1) is 19.8 Å². The van der Waals surface area contributed by atoms with Gasteiger partial charge in [-0.1, -0.05) is 28.1 Å².